The molecule has 0 unspecified atom stereocenters. The molecule has 0 aliphatic heterocycles. The van der Waals surface area contributed by atoms with Gasteiger partial charge < -0.3 is 60.6 Å². The van der Waals surface area contributed by atoms with E-state index in [9.17, 15) is 52.7 Å². The van der Waals surface area contributed by atoms with E-state index in [4.69, 9.17) is 24.7 Å². The third kappa shape index (κ3) is 25.4. The third-order valence-electron chi connectivity index (χ3n) is 11.0. The molecule has 0 atom stereocenters. The molecule has 0 saturated heterocycles. The van der Waals surface area contributed by atoms with Crippen LogP contribution < -0.4 is 48.3 Å². The largest absolute Gasteiger partial charge is 0.444 e. The van der Waals surface area contributed by atoms with Crippen LogP contribution in [-0.2, 0) is 33.3 Å². The van der Waals surface area contributed by atoms with Crippen LogP contribution in [0.1, 0.15) is 131 Å². The minimum Gasteiger partial charge on any atom is -0.444 e. The fraction of sp³-hybridized carbons (Fsp3) is 0.407. The van der Waals surface area contributed by atoms with Gasteiger partial charge in [-0.3, -0.25) is 54.8 Å². The topological polar surface area (TPSA) is 357 Å². The zero-order chi connectivity index (χ0) is 64.2. The van der Waals surface area contributed by atoms with Crippen molar-refractivity contribution in [3.8, 4) is 0 Å². The summed E-state index contributed by atoms with van der Waals surface area (Å²) in [5, 5.41) is 20.7. The van der Waals surface area contributed by atoms with Gasteiger partial charge in [0, 0.05) is 58.0 Å². The Morgan fingerprint density at radius 3 is 0.733 bits per heavy atom. The molecule has 11 amide bonds. The first-order valence-electron chi connectivity index (χ1n) is 27.1. The standard InChI is InChI=1S/C59H78N12O15/c1-56(2,3)83-52(79)65-41-21-13-37(14-22-41)48(75)61-33-70(34-62-49(76)38-15-23-42(24-16-38)66-53(80)84-57(4,5)6)46(73)31-69(45(72)29-30-60)32-47(74)71(35-63-50(77)39-17-25-43(26-18-39)67-54(81)85-58(7,8)9)36-64-51(78)40-19-27-44(28-20-40)68-55(82)86-59(10,11)12/h13-28H,29-36,60H2,1-12H3,(H,61,75)(H,62,76)(H,63,77)(H,64,78)(H,65,79)(H,66,80)(H,67,81)(H,68,82). The number of anilines is 4. The second-order valence-corrected chi connectivity index (χ2v) is 23.1. The maximum atomic E-state index is 14.4. The van der Waals surface area contributed by atoms with Crippen LogP contribution in [0.5, 0.6) is 0 Å². The Morgan fingerprint density at radius 2 is 0.547 bits per heavy atom. The maximum Gasteiger partial charge on any atom is 0.412 e. The fourth-order valence-electron chi connectivity index (χ4n) is 7.09. The minimum atomic E-state index is -0.889. The molecule has 0 aromatic heterocycles. The molecule has 4 rings (SSSR count). The molecule has 0 aliphatic carbocycles. The van der Waals surface area contributed by atoms with Crippen molar-refractivity contribution in [3.05, 3.63) is 119 Å². The Bertz CT molecular complexity index is 2680. The van der Waals surface area contributed by atoms with E-state index in [2.05, 4.69) is 42.5 Å². The predicted octanol–water partition coefficient (Wildman–Crippen LogP) is 6.76. The SMILES string of the molecule is CC(C)(C)OC(=O)Nc1ccc(C(=O)NCN(CNC(=O)c2ccc(NC(=O)OC(C)(C)C)cc2)C(=O)CN(CC(=O)N(CNC(=O)c2ccc(NC(=O)OC(C)(C)C)cc2)CNC(=O)c2ccc(NC(=O)OC(C)(C)C)cc2)C(=O)CCN)cc1. The average Bonchev–Trinajstić information content (AvgIpc) is 3.60. The second kappa shape index (κ2) is 30.7. The zero-order valence-corrected chi connectivity index (χ0v) is 50.4. The van der Waals surface area contributed by atoms with E-state index in [1.807, 2.05) is 0 Å². The molecular weight excluding hydrogens is 1120 g/mol. The summed E-state index contributed by atoms with van der Waals surface area (Å²) in [6.45, 7) is 16.2. The number of benzene rings is 4. The van der Waals surface area contributed by atoms with Crippen LogP contribution in [0.3, 0.4) is 0 Å². The molecule has 0 saturated carbocycles. The second-order valence-electron chi connectivity index (χ2n) is 23.1. The Balaban J connectivity index is 1.59. The van der Waals surface area contributed by atoms with E-state index in [1.165, 1.54) is 97.1 Å². The summed E-state index contributed by atoms with van der Waals surface area (Å²) in [6.07, 6.45) is -3.25. The summed E-state index contributed by atoms with van der Waals surface area (Å²) in [4.78, 5) is 149. The molecule has 0 bridgehead atoms. The van der Waals surface area contributed by atoms with E-state index in [0.29, 0.717) is 22.7 Å². The van der Waals surface area contributed by atoms with Gasteiger partial charge in [-0.15, -0.1) is 0 Å². The first-order valence-corrected chi connectivity index (χ1v) is 27.1. The van der Waals surface area contributed by atoms with Gasteiger partial charge in [0.25, 0.3) is 23.6 Å². The molecule has 464 valence electrons. The summed E-state index contributed by atoms with van der Waals surface area (Å²) in [7, 11) is 0. The number of carbonyl (C=O) groups is 11. The maximum absolute atomic E-state index is 14.4. The summed E-state index contributed by atoms with van der Waals surface area (Å²) < 4.78 is 21.1. The number of nitrogens with one attached hydrogen (secondary N) is 8. The normalized spacial score (nSPS) is 11.3. The highest BCUT2D eigenvalue weighted by Gasteiger charge is 2.28. The average molecular weight is 1200 g/mol. The van der Waals surface area contributed by atoms with Crippen molar-refractivity contribution in [2.24, 2.45) is 5.73 Å². The van der Waals surface area contributed by atoms with Crippen molar-refractivity contribution in [2.75, 3.05) is 67.6 Å². The van der Waals surface area contributed by atoms with E-state index >= 15 is 0 Å². The third-order valence-corrected chi connectivity index (χ3v) is 11.0. The van der Waals surface area contributed by atoms with Gasteiger partial charge in [0.1, 0.15) is 35.5 Å². The van der Waals surface area contributed by atoms with Crippen LogP contribution in [0.4, 0.5) is 41.9 Å². The van der Waals surface area contributed by atoms with Gasteiger partial charge in [-0.1, -0.05) is 0 Å². The fourth-order valence-corrected chi connectivity index (χ4v) is 7.09. The number of rotatable bonds is 22. The Labute approximate surface area is 499 Å². The first kappa shape index (κ1) is 68.7. The van der Waals surface area contributed by atoms with Gasteiger partial charge in [0.15, 0.2) is 0 Å². The molecule has 0 aliphatic rings. The molecule has 0 radical (unpaired) electrons. The van der Waals surface area contributed by atoms with Crippen LogP contribution in [-0.4, -0.2) is 149 Å². The summed E-state index contributed by atoms with van der Waals surface area (Å²) >= 11 is 0. The number of nitrogens with zero attached hydrogens (tertiary/aromatic N) is 3. The van der Waals surface area contributed by atoms with Crippen LogP contribution in [0.15, 0.2) is 97.1 Å². The molecule has 10 N–H and O–H groups in total. The molecule has 0 fully saturated rings. The highest BCUT2D eigenvalue weighted by Crippen LogP contribution is 2.18. The van der Waals surface area contributed by atoms with Gasteiger partial charge in [-0.05, 0) is 180 Å². The van der Waals surface area contributed by atoms with Gasteiger partial charge in [-0.25, -0.2) is 19.2 Å². The van der Waals surface area contributed by atoms with Crippen molar-refractivity contribution in [1.82, 2.24) is 36.0 Å². The lowest BCUT2D eigenvalue weighted by Gasteiger charge is -2.30. The van der Waals surface area contributed by atoms with Crippen molar-refractivity contribution in [1.29, 1.82) is 0 Å². The van der Waals surface area contributed by atoms with Crippen molar-refractivity contribution in [3.63, 3.8) is 0 Å². The predicted molar refractivity (Wildman–Crippen MR) is 318 cm³/mol. The smallest absolute Gasteiger partial charge is 0.412 e. The molecule has 86 heavy (non-hydrogen) atoms. The Kier molecular flexibility index (Phi) is 24.5. The van der Waals surface area contributed by atoms with Gasteiger partial charge in [0.2, 0.25) is 17.7 Å². The van der Waals surface area contributed by atoms with E-state index in [0.717, 1.165) is 14.7 Å². The molecule has 27 heteroatoms. The quantitative estimate of drug-likeness (QED) is 0.0290. The Morgan fingerprint density at radius 1 is 0.337 bits per heavy atom. The summed E-state index contributed by atoms with van der Waals surface area (Å²) in [5.41, 5.74) is 4.33. The van der Waals surface area contributed by atoms with Gasteiger partial charge in [-0.2, -0.15) is 0 Å². The Hall–Kier alpha value is -9.79. The molecular formula is C59H78N12O15. The molecule has 0 spiro atoms. The minimum absolute atomic E-state index is 0.0975. The van der Waals surface area contributed by atoms with Crippen LogP contribution in [0, 0.1) is 0 Å². The summed E-state index contributed by atoms with van der Waals surface area (Å²) in [6, 6.07) is 22.8. The highest BCUT2D eigenvalue weighted by atomic mass is 16.6. The van der Waals surface area contributed by atoms with Gasteiger partial charge >= 0.3 is 24.4 Å². The zero-order valence-electron chi connectivity index (χ0n) is 50.4. The number of ether oxygens (including phenoxy) is 4. The lowest BCUT2D eigenvalue weighted by molar-refractivity contribution is -0.145. The van der Waals surface area contributed by atoms with Crippen molar-refractivity contribution >= 4 is 88.5 Å². The van der Waals surface area contributed by atoms with Crippen LogP contribution in [0.2, 0.25) is 0 Å². The molecule has 0 heterocycles. The summed E-state index contributed by atoms with van der Waals surface area (Å²) in [5.74, 6) is -5.33. The van der Waals surface area contributed by atoms with E-state index < -0.39 is 128 Å². The molecule has 27 nitrogen and oxygen atoms in total. The highest BCUT2D eigenvalue weighted by molar-refractivity contribution is 5.99. The van der Waals surface area contributed by atoms with Crippen LogP contribution >= 0.6 is 0 Å². The lowest BCUT2D eigenvalue weighted by atomic mass is 10.2. The first-order chi connectivity index (χ1) is 40.0. The number of amides is 11. The van der Waals surface area contributed by atoms with Crippen molar-refractivity contribution in [2.45, 2.75) is 112 Å². The molecule has 4 aromatic rings. The van der Waals surface area contributed by atoms with Crippen molar-refractivity contribution < 1.29 is 71.7 Å². The monoisotopic (exact) mass is 1190 g/mol. The van der Waals surface area contributed by atoms with Crippen LogP contribution in [0.25, 0.3) is 0 Å². The van der Waals surface area contributed by atoms with E-state index in [1.54, 1.807) is 83.1 Å². The lowest BCUT2D eigenvalue weighted by Crippen LogP contribution is -2.54. The van der Waals surface area contributed by atoms with E-state index in [-0.39, 0.29) is 35.2 Å². The number of carbonyl (C=O) groups excluding carboxylic acids is 11. The molecule has 4 aromatic carbocycles. The number of hydrogen-bond donors (Lipinski definition) is 9. The number of hydrogen-bond acceptors (Lipinski definition) is 16. The number of nitrogens with two attached hydrogens (primary N) is 1. The van der Waals surface area contributed by atoms with Gasteiger partial charge in [0.05, 0.1) is 26.7 Å².